The van der Waals surface area contributed by atoms with E-state index in [0.717, 1.165) is 30.6 Å². The second-order valence-electron chi connectivity index (χ2n) is 4.47. The normalized spacial score (nSPS) is 20.7. The minimum absolute atomic E-state index is 0.148. The number of rotatable bonds is 3. The quantitative estimate of drug-likeness (QED) is 0.869. The Bertz CT molecular complexity index is 525. The highest BCUT2D eigenvalue weighted by Crippen LogP contribution is 2.24. The van der Waals surface area contributed by atoms with Gasteiger partial charge in [0.1, 0.15) is 5.82 Å². The van der Waals surface area contributed by atoms with Crippen molar-refractivity contribution < 1.29 is 12.8 Å². The second kappa shape index (κ2) is 5.48. The van der Waals surface area contributed by atoms with Gasteiger partial charge >= 0.3 is 0 Å². The fraction of sp³-hybridized carbons (Fsp3) is 0.500. The van der Waals surface area contributed by atoms with Crippen LogP contribution in [0.25, 0.3) is 0 Å². The van der Waals surface area contributed by atoms with Crippen molar-refractivity contribution in [2.75, 3.05) is 23.1 Å². The molecule has 0 amide bonds. The van der Waals surface area contributed by atoms with E-state index in [1.165, 1.54) is 18.2 Å². The smallest absolute Gasteiger partial charge is 0.175 e. The summed E-state index contributed by atoms with van der Waals surface area (Å²) in [5.74, 6) is 1.67. The molecule has 1 aromatic carbocycles. The molecule has 1 atom stereocenters. The lowest BCUT2D eigenvalue weighted by atomic mass is 10.1. The summed E-state index contributed by atoms with van der Waals surface area (Å²) >= 11 is 1.83. The minimum Gasteiger partial charge on any atom is -0.379 e. The molecule has 0 bridgehead atoms. The molecule has 1 saturated heterocycles. The van der Waals surface area contributed by atoms with Crippen LogP contribution in [-0.4, -0.2) is 32.2 Å². The maximum atomic E-state index is 13.6. The first-order valence-corrected chi connectivity index (χ1v) is 8.85. The molecule has 1 fully saturated rings. The van der Waals surface area contributed by atoms with Crippen LogP contribution in [0.5, 0.6) is 0 Å². The molecule has 18 heavy (non-hydrogen) atoms. The summed E-state index contributed by atoms with van der Waals surface area (Å²) in [6.07, 6.45) is 3.23. The molecule has 1 aromatic rings. The second-order valence-corrected chi connectivity index (χ2v) is 7.64. The van der Waals surface area contributed by atoms with Crippen LogP contribution in [0, 0.1) is 5.82 Å². The first-order valence-electron chi connectivity index (χ1n) is 5.81. The molecule has 0 aliphatic carbocycles. The highest BCUT2D eigenvalue weighted by atomic mass is 32.2. The van der Waals surface area contributed by atoms with Gasteiger partial charge in [0.2, 0.25) is 0 Å². The monoisotopic (exact) mass is 289 g/mol. The van der Waals surface area contributed by atoms with Crippen LogP contribution in [0.3, 0.4) is 0 Å². The SMILES string of the molecule is CS(=O)(=O)c1ccc(F)c(NC2CCCSC2)c1. The summed E-state index contributed by atoms with van der Waals surface area (Å²) in [5.41, 5.74) is 0.283. The number of benzene rings is 1. The van der Waals surface area contributed by atoms with Crippen LogP contribution in [0.15, 0.2) is 23.1 Å². The third-order valence-electron chi connectivity index (χ3n) is 2.89. The molecule has 1 N–H and O–H groups in total. The third kappa shape index (κ3) is 3.38. The van der Waals surface area contributed by atoms with E-state index in [-0.39, 0.29) is 16.6 Å². The molecule has 2 rings (SSSR count). The van der Waals surface area contributed by atoms with Crippen molar-refractivity contribution in [3.05, 3.63) is 24.0 Å². The van der Waals surface area contributed by atoms with Gasteiger partial charge in [0.15, 0.2) is 9.84 Å². The number of anilines is 1. The predicted octanol–water partition coefficient (Wildman–Crippen LogP) is 2.54. The van der Waals surface area contributed by atoms with Crippen molar-refractivity contribution in [3.8, 4) is 0 Å². The Balaban J connectivity index is 2.21. The fourth-order valence-electron chi connectivity index (χ4n) is 1.92. The van der Waals surface area contributed by atoms with E-state index < -0.39 is 15.7 Å². The van der Waals surface area contributed by atoms with E-state index in [9.17, 15) is 12.8 Å². The Morgan fingerprint density at radius 2 is 2.22 bits per heavy atom. The van der Waals surface area contributed by atoms with Gasteiger partial charge in [-0.25, -0.2) is 12.8 Å². The molecule has 0 spiro atoms. The van der Waals surface area contributed by atoms with Crippen molar-refractivity contribution in [2.24, 2.45) is 0 Å². The van der Waals surface area contributed by atoms with Crippen LogP contribution in [0.2, 0.25) is 0 Å². The lowest BCUT2D eigenvalue weighted by Crippen LogP contribution is -2.26. The van der Waals surface area contributed by atoms with E-state index >= 15 is 0 Å². The van der Waals surface area contributed by atoms with E-state index in [2.05, 4.69) is 5.32 Å². The topological polar surface area (TPSA) is 46.2 Å². The van der Waals surface area contributed by atoms with Crippen LogP contribution < -0.4 is 5.32 Å². The van der Waals surface area contributed by atoms with Crippen molar-refractivity contribution in [1.29, 1.82) is 0 Å². The first kappa shape index (κ1) is 13.7. The van der Waals surface area contributed by atoms with Gasteiger partial charge in [-0.1, -0.05) is 0 Å². The van der Waals surface area contributed by atoms with E-state index in [1.54, 1.807) is 0 Å². The maximum Gasteiger partial charge on any atom is 0.175 e. The van der Waals surface area contributed by atoms with Crippen molar-refractivity contribution in [3.63, 3.8) is 0 Å². The molecule has 1 unspecified atom stereocenters. The Kier molecular flexibility index (Phi) is 4.17. The Hall–Kier alpha value is -0.750. The molecule has 1 aliphatic rings. The summed E-state index contributed by atoms with van der Waals surface area (Å²) in [5, 5.41) is 3.10. The first-order chi connectivity index (χ1) is 8.47. The zero-order valence-electron chi connectivity index (χ0n) is 10.1. The van der Waals surface area contributed by atoms with Crippen LogP contribution in [-0.2, 0) is 9.84 Å². The van der Waals surface area contributed by atoms with Gasteiger partial charge in [-0.05, 0) is 36.8 Å². The highest BCUT2D eigenvalue weighted by Gasteiger charge is 2.17. The number of hydrogen-bond donors (Lipinski definition) is 1. The Morgan fingerprint density at radius 3 is 2.83 bits per heavy atom. The van der Waals surface area contributed by atoms with E-state index in [0.29, 0.717) is 0 Å². The summed E-state index contributed by atoms with van der Waals surface area (Å²) in [4.78, 5) is 0.148. The van der Waals surface area contributed by atoms with Crippen LogP contribution in [0.1, 0.15) is 12.8 Å². The molecule has 0 saturated carbocycles. The zero-order valence-corrected chi connectivity index (χ0v) is 11.8. The molecule has 100 valence electrons. The standard InChI is InChI=1S/C12H16FNO2S2/c1-18(15,16)10-4-5-11(13)12(7-10)14-9-3-2-6-17-8-9/h4-5,7,9,14H,2-3,6,8H2,1H3. The lowest BCUT2D eigenvalue weighted by Gasteiger charge is -2.24. The molecule has 3 nitrogen and oxygen atoms in total. The number of thioether (sulfide) groups is 1. The number of hydrogen-bond acceptors (Lipinski definition) is 4. The predicted molar refractivity (Wildman–Crippen MR) is 73.5 cm³/mol. The minimum atomic E-state index is -3.29. The van der Waals surface area contributed by atoms with Crippen molar-refractivity contribution in [2.45, 2.75) is 23.8 Å². The van der Waals surface area contributed by atoms with Gasteiger partial charge in [-0.15, -0.1) is 0 Å². The lowest BCUT2D eigenvalue weighted by molar-refractivity contribution is 0.599. The average Bonchev–Trinajstić information content (AvgIpc) is 2.32. The van der Waals surface area contributed by atoms with Gasteiger partial charge in [-0.2, -0.15) is 11.8 Å². The summed E-state index contributed by atoms with van der Waals surface area (Å²) in [6, 6.07) is 4.09. The fourth-order valence-corrected chi connectivity index (χ4v) is 3.64. The molecule has 6 heteroatoms. The van der Waals surface area contributed by atoms with Gasteiger partial charge in [0.25, 0.3) is 0 Å². The zero-order chi connectivity index (χ0) is 13.2. The van der Waals surface area contributed by atoms with Crippen molar-refractivity contribution >= 4 is 27.3 Å². The average molecular weight is 289 g/mol. The molecular formula is C12H16FNO2S2. The molecule has 1 aliphatic heterocycles. The number of nitrogens with one attached hydrogen (secondary N) is 1. The molecule has 0 aromatic heterocycles. The largest absolute Gasteiger partial charge is 0.379 e. The third-order valence-corrected chi connectivity index (χ3v) is 5.21. The van der Waals surface area contributed by atoms with Crippen LogP contribution >= 0.6 is 11.8 Å². The summed E-state index contributed by atoms with van der Waals surface area (Å²) in [7, 11) is -3.29. The van der Waals surface area contributed by atoms with Gasteiger partial charge in [0.05, 0.1) is 10.6 Å². The van der Waals surface area contributed by atoms with E-state index in [4.69, 9.17) is 0 Å². The Morgan fingerprint density at radius 1 is 1.44 bits per heavy atom. The number of sulfone groups is 1. The number of halogens is 1. The summed E-state index contributed by atoms with van der Waals surface area (Å²) < 4.78 is 36.5. The maximum absolute atomic E-state index is 13.6. The van der Waals surface area contributed by atoms with Gasteiger partial charge < -0.3 is 5.32 Å². The van der Waals surface area contributed by atoms with Gasteiger partial charge in [0, 0.05) is 18.1 Å². The Labute approximate surface area is 111 Å². The molecule has 1 heterocycles. The molecule has 0 radical (unpaired) electrons. The van der Waals surface area contributed by atoms with Crippen LogP contribution in [0.4, 0.5) is 10.1 Å². The van der Waals surface area contributed by atoms with E-state index in [1.807, 2.05) is 11.8 Å². The van der Waals surface area contributed by atoms with Crippen molar-refractivity contribution in [1.82, 2.24) is 0 Å². The summed E-state index contributed by atoms with van der Waals surface area (Å²) in [6.45, 7) is 0. The van der Waals surface area contributed by atoms with Gasteiger partial charge in [-0.3, -0.25) is 0 Å². The molecular weight excluding hydrogens is 273 g/mol. The highest BCUT2D eigenvalue weighted by molar-refractivity contribution is 7.99.